The quantitative estimate of drug-likeness (QED) is 0.570. The molecule has 0 atom stereocenters. The first-order chi connectivity index (χ1) is 8.59. The Morgan fingerprint density at radius 2 is 1.39 bits per heavy atom. The molecule has 0 bridgehead atoms. The number of hydrogen-bond donors (Lipinski definition) is 0. The monoisotopic (exact) mass is 366 g/mol. The van der Waals surface area contributed by atoms with Crippen molar-refractivity contribution in [2.24, 2.45) is 0 Å². The number of benzene rings is 2. The van der Waals surface area contributed by atoms with Gasteiger partial charge in [-0.2, -0.15) is 0 Å². The summed E-state index contributed by atoms with van der Waals surface area (Å²) in [7, 11) is 0. The Labute approximate surface area is 123 Å². The lowest BCUT2D eigenvalue weighted by Crippen LogP contribution is -2.27. The summed E-state index contributed by atoms with van der Waals surface area (Å²) in [5.41, 5.74) is 1.80. The standard InChI is InChI=1S/C15H12Br2O/c16-15(17,11-12-7-3-1-4-8-12)14(18)13-9-5-2-6-10-13/h1-10H,11H2. The van der Waals surface area contributed by atoms with Crippen LogP contribution in [-0.2, 0) is 6.42 Å². The van der Waals surface area contributed by atoms with E-state index in [1.807, 2.05) is 60.7 Å². The molecule has 3 heteroatoms. The maximum absolute atomic E-state index is 12.4. The van der Waals surface area contributed by atoms with Gasteiger partial charge >= 0.3 is 0 Å². The smallest absolute Gasteiger partial charge is 0.190 e. The van der Waals surface area contributed by atoms with E-state index in [0.717, 1.165) is 5.56 Å². The summed E-state index contributed by atoms with van der Waals surface area (Å²) in [4.78, 5) is 12.4. The first-order valence-electron chi connectivity index (χ1n) is 5.61. The highest BCUT2D eigenvalue weighted by molar-refractivity contribution is 9.26. The zero-order chi connectivity index (χ0) is 13.0. The van der Waals surface area contributed by atoms with Crippen LogP contribution in [0.4, 0.5) is 0 Å². The van der Waals surface area contributed by atoms with Crippen LogP contribution in [0, 0.1) is 0 Å². The van der Waals surface area contributed by atoms with Gasteiger partial charge in [0, 0.05) is 12.0 Å². The van der Waals surface area contributed by atoms with Gasteiger partial charge in [0.1, 0.15) is 3.23 Å². The van der Waals surface area contributed by atoms with Crippen LogP contribution in [0.5, 0.6) is 0 Å². The number of carbonyl (C=O) groups excluding carboxylic acids is 1. The summed E-state index contributed by atoms with van der Waals surface area (Å²) in [5.74, 6) is 0.0342. The summed E-state index contributed by atoms with van der Waals surface area (Å²) in [5, 5.41) is 0. The first-order valence-corrected chi connectivity index (χ1v) is 7.20. The Bertz CT molecular complexity index is 521. The van der Waals surface area contributed by atoms with Crippen LogP contribution in [0.2, 0.25) is 0 Å². The van der Waals surface area contributed by atoms with Crippen molar-refractivity contribution in [3.8, 4) is 0 Å². The number of alkyl halides is 2. The molecule has 92 valence electrons. The molecule has 2 rings (SSSR count). The zero-order valence-corrected chi connectivity index (χ0v) is 12.8. The van der Waals surface area contributed by atoms with Crippen LogP contribution in [0.3, 0.4) is 0 Å². The van der Waals surface area contributed by atoms with Gasteiger partial charge in [0.2, 0.25) is 0 Å². The molecule has 0 heterocycles. The average Bonchev–Trinajstić information content (AvgIpc) is 2.39. The Balaban J connectivity index is 2.19. The fourth-order valence-electron chi connectivity index (χ4n) is 1.73. The second-order valence-corrected chi connectivity index (χ2v) is 7.83. The third-order valence-corrected chi connectivity index (χ3v) is 3.92. The molecule has 0 radical (unpaired) electrons. The van der Waals surface area contributed by atoms with E-state index in [0.29, 0.717) is 12.0 Å². The van der Waals surface area contributed by atoms with E-state index < -0.39 is 3.23 Å². The molecule has 2 aromatic rings. The highest BCUT2D eigenvalue weighted by Crippen LogP contribution is 2.34. The third-order valence-electron chi connectivity index (χ3n) is 2.64. The molecule has 0 spiro atoms. The summed E-state index contributed by atoms with van der Waals surface area (Å²) in [6.07, 6.45) is 0.599. The van der Waals surface area contributed by atoms with E-state index in [9.17, 15) is 4.79 Å². The zero-order valence-electron chi connectivity index (χ0n) is 9.64. The van der Waals surface area contributed by atoms with Gasteiger partial charge in [-0.05, 0) is 5.56 Å². The molecule has 2 aromatic carbocycles. The van der Waals surface area contributed by atoms with Gasteiger partial charge in [-0.3, -0.25) is 4.79 Å². The van der Waals surface area contributed by atoms with E-state index in [1.54, 1.807) is 0 Å². The summed E-state index contributed by atoms with van der Waals surface area (Å²) in [6.45, 7) is 0. The van der Waals surface area contributed by atoms with Crippen molar-refractivity contribution in [3.05, 3.63) is 71.8 Å². The fraction of sp³-hybridized carbons (Fsp3) is 0.133. The van der Waals surface area contributed by atoms with Crippen molar-refractivity contribution >= 4 is 37.6 Å². The van der Waals surface area contributed by atoms with Gasteiger partial charge in [0.05, 0.1) is 0 Å². The number of rotatable bonds is 4. The molecular weight excluding hydrogens is 356 g/mol. The number of ketones is 1. The molecule has 0 saturated heterocycles. The number of hydrogen-bond acceptors (Lipinski definition) is 1. The number of carbonyl (C=O) groups is 1. The van der Waals surface area contributed by atoms with Crippen LogP contribution in [-0.4, -0.2) is 9.02 Å². The van der Waals surface area contributed by atoms with E-state index in [4.69, 9.17) is 0 Å². The van der Waals surface area contributed by atoms with Gasteiger partial charge in [0.15, 0.2) is 5.78 Å². The van der Waals surface area contributed by atoms with Gasteiger partial charge in [-0.1, -0.05) is 92.5 Å². The molecule has 0 aliphatic rings. The fourth-order valence-corrected chi connectivity index (χ4v) is 2.84. The SMILES string of the molecule is O=C(c1ccccc1)C(Br)(Br)Cc1ccccc1. The predicted molar refractivity (Wildman–Crippen MR) is 81.5 cm³/mol. The van der Waals surface area contributed by atoms with Crippen molar-refractivity contribution in [1.82, 2.24) is 0 Å². The minimum atomic E-state index is -0.747. The molecule has 0 aliphatic carbocycles. The Hall–Kier alpha value is -0.930. The minimum absolute atomic E-state index is 0.0342. The Morgan fingerprint density at radius 1 is 0.889 bits per heavy atom. The molecule has 18 heavy (non-hydrogen) atoms. The molecule has 0 aromatic heterocycles. The van der Waals surface area contributed by atoms with Crippen molar-refractivity contribution in [3.63, 3.8) is 0 Å². The van der Waals surface area contributed by atoms with Gasteiger partial charge in [-0.25, -0.2) is 0 Å². The largest absolute Gasteiger partial charge is 0.292 e. The molecule has 0 unspecified atom stereocenters. The number of halogens is 2. The van der Waals surface area contributed by atoms with E-state index in [2.05, 4.69) is 31.9 Å². The van der Waals surface area contributed by atoms with Gasteiger partial charge in [-0.15, -0.1) is 0 Å². The van der Waals surface area contributed by atoms with Crippen LogP contribution >= 0.6 is 31.9 Å². The maximum Gasteiger partial charge on any atom is 0.190 e. The van der Waals surface area contributed by atoms with E-state index in [-0.39, 0.29) is 5.78 Å². The molecule has 0 aliphatic heterocycles. The third kappa shape index (κ3) is 3.30. The summed E-state index contributed by atoms with van der Waals surface area (Å²) in [6, 6.07) is 19.2. The van der Waals surface area contributed by atoms with E-state index >= 15 is 0 Å². The molecule has 1 nitrogen and oxygen atoms in total. The Kier molecular flexibility index (Phi) is 4.36. The van der Waals surface area contributed by atoms with Crippen molar-refractivity contribution in [2.45, 2.75) is 9.65 Å². The minimum Gasteiger partial charge on any atom is -0.292 e. The first kappa shape index (κ1) is 13.5. The molecule has 0 fully saturated rings. The predicted octanol–water partition coefficient (Wildman–Crippen LogP) is 4.60. The topological polar surface area (TPSA) is 17.1 Å². The van der Waals surface area contributed by atoms with Crippen molar-refractivity contribution < 1.29 is 4.79 Å². The second-order valence-electron chi connectivity index (χ2n) is 4.06. The molecular formula is C15H12Br2O. The highest BCUT2D eigenvalue weighted by Gasteiger charge is 2.33. The normalized spacial score (nSPS) is 11.2. The van der Waals surface area contributed by atoms with Crippen molar-refractivity contribution in [2.75, 3.05) is 0 Å². The summed E-state index contributed by atoms with van der Waals surface area (Å²) >= 11 is 6.98. The van der Waals surface area contributed by atoms with Crippen LogP contribution in [0.25, 0.3) is 0 Å². The lowest BCUT2D eigenvalue weighted by atomic mass is 10.0. The molecule has 0 saturated carbocycles. The lowest BCUT2D eigenvalue weighted by molar-refractivity contribution is 0.0982. The Morgan fingerprint density at radius 3 is 1.94 bits per heavy atom. The van der Waals surface area contributed by atoms with Gasteiger partial charge in [0.25, 0.3) is 0 Å². The van der Waals surface area contributed by atoms with Crippen LogP contribution in [0.1, 0.15) is 15.9 Å². The van der Waals surface area contributed by atoms with E-state index in [1.165, 1.54) is 0 Å². The summed E-state index contributed by atoms with van der Waals surface area (Å²) < 4.78 is -0.747. The number of Topliss-reactive ketones (excluding diaryl/α,β-unsaturated/α-hetero) is 1. The average molecular weight is 368 g/mol. The van der Waals surface area contributed by atoms with Crippen LogP contribution < -0.4 is 0 Å². The van der Waals surface area contributed by atoms with Crippen LogP contribution in [0.15, 0.2) is 60.7 Å². The molecule has 0 amide bonds. The van der Waals surface area contributed by atoms with Gasteiger partial charge < -0.3 is 0 Å². The highest BCUT2D eigenvalue weighted by atomic mass is 79.9. The maximum atomic E-state index is 12.4. The second kappa shape index (κ2) is 5.81. The van der Waals surface area contributed by atoms with Crippen molar-refractivity contribution in [1.29, 1.82) is 0 Å². The molecule has 0 N–H and O–H groups in total. The lowest BCUT2D eigenvalue weighted by Gasteiger charge is -2.19.